The standard InChI is InChI=1S/C7H10N2O4/c8-4-5(7(12)13)9-6(11)2-1-3-10/h1-3,5H,4,8H2,(H,9,11)(H,12,13)/b2-1+/t5-/m0/s1. The molecule has 0 aliphatic heterocycles. The van der Waals surface area contributed by atoms with Gasteiger partial charge in [0.05, 0.1) is 0 Å². The molecule has 0 aromatic carbocycles. The first-order valence-electron chi connectivity index (χ1n) is 3.47. The lowest BCUT2D eigenvalue weighted by molar-refractivity contribution is -0.140. The average molecular weight is 186 g/mol. The van der Waals surface area contributed by atoms with Crippen LogP contribution >= 0.6 is 0 Å². The first kappa shape index (κ1) is 11.3. The smallest absolute Gasteiger partial charge is 0.327 e. The van der Waals surface area contributed by atoms with Crippen LogP contribution in [0.1, 0.15) is 0 Å². The molecule has 0 unspecified atom stereocenters. The minimum atomic E-state index is -1.21. The third-order valence-electron chi connectivity index (χ3n) is 1.18. The molecular formula is C7H10N2O4. The zero-order chi connectivity index (χ0) is 10.3. The summed E-state index contributed by atoms with van der Waals surface area (Å²) in [4.78, 5) is 30.9. The van der Waals surface area contributed by atoms with Crippen molar-refractivity contribution in [3.05, 3.63) is 12.2 Å². The number of carboxylic acid groups (broad SMARTS) is 1. The van der Waals surface area contributed by atoms with Gasteiger partial charge in [0.2, 0.25) is 5.91 Å². The van der Waals surface area contributed by atoms with Crippen molar-refractivity contribution in [2.24, 2.45) is 5.73 Å². The molecule has 0 radical (unpaired) electrons. The molecule has 1 atom stereocenters. The molecule has 0 saturated heterocycles. The van der Waals surface area contributed by atoms with Gasteiger partial charge in [0.15, 0.2) is 0 Å². The van der Waals surface area contributed by atoms with E-state index in [4.69, 9.17) is 10.8 Å². The molecule has 0 aromatic heterocycles. The van der Waals surface area contributed by atoms with E-state index in [2.05, 4.69) is 5.32 Å². The van der Waals surface area contributed by atoms with Crippen molar-refractivity contribution in [2.75, 3.05) is 6.54 Å². The van der Waals surface area contributed by atoms with Crippen molar-refractivity contribution in [2.45, 2.75) is 6.04 Å². The largest absolute Gasteiger partial charge is 0.480 e. The SMILES string of the molecule is NC[C@H](NC(=O)/C=C/C=O)C(=O)O. The number of amides is 1. The number of hydrogen-bond acceptors (Lipinski definition) is 4. The van der Waals surface area contributed by atoms with E-state index in [0.717, 1.165) is 12.2 Å². The minimum Gasteiger partial charge on any atom is -0.480 e. The van der Waals surface area contributed by atoms with E-state index in [9.17, 15) is 14.4 Å². The summed E-state index contributed by atoms with van der Waals surface area (Å²) in [6, 6.07) is -1.12. The van der Waals surface area contributed by atoms with Crippen molar-refractivity contribution in [1.82, 2.24) is 5.32 Å². The van der Waals surface area contributed by atoms with Crippen LogP contribution in [0.3, 0.4) is 0 Å². The van der Waals surface area contributed by atoms with Gasteiger partial charge in [0.25, 0.3) is 0 Å². The summed E-state index contributed by atoms with van der Waals surface area (Å²) in [5, 5.41) is 10.6. The quantitative estimate of drug-likeness (QED) is 0.349. The maximum Gasteiger partial charge on any atom is 0.327 e. The second-order valence-corrected chi connectivity index (χ2v) is 2.13. The highest BCUT2D eigenvalue weighted by Gasteiger charge is 2.15. The van der Waals surface area contributed by atoms with Gasteiger partial charge in [-0.3, -0.25) is 9.59 Å². The Labute approximate surface area is 74.4 Å². The van der Waals surface area contributed by atoms with E-state index < -0.39 is 17.9 Å². The van der Waals surface area contributed by atoms with Gasteiger partial charge in [-0.1, -0.05) is 0 Å². The van der Waals surface area contributed by atoms with E-state index >= 15 is 0 Å². The summed E-state index contributed by atoms with van der Waals surface area (Å²) >= 11 is 0. The molecule has 0 spiro atoms. The van der Waals surface area contributed by atoms with Crippen molar-refractivity contribution < 1.29 is 19.5 Å². The molecule has 0 fully saturated rings. The number of carbonyl (C=O) groups excluding carboxylic acids is 2. The zero-order valence-electron chi connectivity index (χ0n) is 6.77. The molecule has 6 heteroatoms. The van der Waals surface area contributed by atoms with Crippen LogP contribution in [-0.4, -0.2) is 35.9 Å². The number of rotatable bonds is 5. The summed E-state index contributed by atoms with van der Waals surface area (Å²) in [5.41, 5.74) is 5.06. The monoisotopic (exact) mass is 186 g/mol. The molecule has 72 valence electrons. The molecule has 0 aromatic rings. The summed E-state index contributed by atoms with van der Waals surface area (Å²) in [7, 11) is 0. The van der Waals surface area contributed by atoms with Crippen LogP contribution in [0.4, 0.5) is 0 Å². The maximum atomic E-state index is 10.8. The number of carboxylic acids is 1. The average Bonchev–Trinajstić information content (AvgIpc) is 2.10. The number of nitrogens with one attached hydrogen (secondary N) is 1. The van der Waals surface area contributed by atoms with Crippen LogP contribution in [0.2, 0.25) is 0 Å². The Kier molecular flexibility index (Phi) is 5.13. The molecule has 0 saturated carbocycles. The Morgan fingerprint density at radius 2 is 2.15 bits per heavy atom. The molecule has 0 heterocycles. The Bertz CT molecular complexity index is 237. The highest BCUT2D eigenvalue weighted by atomic mass is 16.4. The first-order valence-corrected chi connectivity index (χ1v) is 3.47. The van der Waals surface area contributed by atoms with Crippen LogP contribution in [0.25, 0.3) is 0 Å². The fraction of sp³-hybridized carbons (Fsp3) is 0.286. The molecular weight excluding hydrogens is 176 g/mol. The van der Waals surface area contributed by atoms with Gasteiger partial charge in [0.1, 0.15) is 12.3 Å². The van der Waals surface area contributed by atoms with Gasteiger partial charge in [0, 0.05) is 12.6 Å². The molecule has 6 nitrogen and oxygen atoms in total. The summed E-state index contributed by atoms with van der Waals surface area (Å²) in [5.74, 6) is -1.87. The second kappa shape index (κ2) is 5.90. The predicted molar refractivity (Wildman–Crippen MR) is 43.8 cm³/mol. The van der Waals surface area contributed by atoms with Gasteiger partial charge in [-0.15, -0.1) is 0 Å². The normalized spacial score (nSPS) is 12.4. The summed E-state index contributed by atoms with van der Waals surface area (Å²) in [6.07, 6.45) is 2.31. The van der Waals surface area contributed by atoms with Crippen molar-refractivity contribution in [3.63, 3.8) is 0 Å². The van der Waals surface area contributed by atoms with Crippen molar-refractivity contribution in [1.29, 1.82) is 0 Å². The van der Waals surface area contributed by atoms with Crippen LogP contribution in [0, 0.1) is 0 Å². The van der Waals surface area contributed by atoms with Gasteiger partial charge in [-0.25, -0.2) is 4.79 Å². The molecule has 0 aliphatic rings. The van der Waals surface area contributed by atoms with Gasteiger partial charge in [-0.2, -0.15) is 0 Å². The van der Waals surface area contributed by atoms with E-state index in [0.29, 0.717) is 6.29 Å². The third-order valence-corrected chi connectivity index (χ3v) is 1.18. The van der Waals surface area contributed by atoms with Crippen molar-refractivity contribution in [3.8, 4) is 0 Å². The molecule has 13 heavy (non-hydrogen) atoms. The number of hydrogen-bond donors (Lipinski definition) is 3. The number of nitrogens with two attached hydrogens (primary N) is 1. The summed E-state index contributed by atoms with van der Waals surface area (Å²) < 4.78 is 0. The summed E-state index contributed by atoms with van der Waals surface area (Å²) in [6.45, 7) is -0.198. The Morgan fingerprint density at radius 1 is 1.54 bits per heavy atom. The van der Waals surface area contributed by atoms with Gasteiger partial charge < -0.3 is 16.2 Å². The van der Waals surface area contributed by atoms with E-state index in [1.165, 1.54) is 0 Å². The van der Waals surface area contributed by atoms with Crippen LogP contribution < -0.4 is 11.1 Å². The topological polar surface area (TPSA) is 109 Å². The molecule has 0 rings (SSSR count). The third kappa shape index (κ3) is 4.70. The van der Waals surface area contributed by atoms with Crippen LogP contribution in [0.15, 0.2) is 12.2 Å². The van der Waals surface area contributed by atoms with E-state index in [1.807, 2.05) is 0 Å². The number of aliphatic carboxylic acids is 1. The van der Waals surface area contributed by atoms with Crippen LogP contribution in [0.5, 0.6) is 0 Å². The Balaban J connectivity index is 4.08. The number of aldehydes is 1. The highest BCUT2D eigenvalue weighted by Crippen LogP contribution is 1.81. The van der Waals surface area contributed by atoms with Gasteiger partial charge in [-0.05, 0) is 6.08 Å². The van der Waals surface area contributed by atoms with E-state index in [-0.39, 0.29) is 6.54 Å². The lowest BCUT2D eigenvalue weighted by Crippen LogP contribution is -2.45. The minimum absolute atomic E-state index is 0.198. The fourth-order valence-corrected chi connectivity index (χ4v) is 0.568. The Morgan fingerprint density at radius 3 is 2.54 bits per heavy atom. The fourth-order valence-electron chi connectivity index (χ4n) is 0.568. The number of carbonyl (C=O) groups is 3. The molecule has 0 bridgehead atoms. The maximum absolute atomic E-state index is 10.8. The molecule has 0 aliphatic carbocycles. The molecule has 1 amide bonds. The van der Waals surface area contributed by atoms with Crippen LogP contribution in [-0.2, 0) is 14.4 Å². The Hall–Kier alpha value is -1.69. The second-order valence-electron chi connectivity index (χ2n) is 2.13. The lowest BCUT2D eigenvalue weighted by atomic mass is 10.3. The zero-order valence-corrected chi connectivity index (χ0v) is 6.77. The number of allylic oxidation sites excluding steroid dienone is 1. The lowest BCUT2D eigenvalue weighted by Gasteiger charge is -2.09. The highest BCUT2D eigenvalue weighted by molar-refractivity contribution is 5.93. The first-order chi connectivity index (χ1) is 6.11. The van der Waals surface area contributed by atoms with Crippen molar-refractivity contribution >= 4 is 18.2 Å². The predicted octanol–water partition coefficient (Wildman–Crippen LogP) is -1.73. The molecule has 4 N–H and O–H groups in total. The van der Waals surface area contributed by atoms with E-state index in [1.54, 1.807) is 0 Å². The van der Waals surface area contributed by atoms with Gasteiger partial charge >= 0.3 is 5.97 Å².